The minimum absolute atomic E-state index is 0.307. The van der Waals surface area contributed by atoms with Gasteiger partial charge in [0.05, 0.1) is 28.6 Å². The van der Waals surface area contributed by atoms with Crippen LogP contribution in [0.2, 0.25) is 5.02 Å². The summed E-state index contributed by atoms with van der Waals surface area (Å²) < 4.78 is 1.90. The number of para-hydroxylation sites is 2. The third-order valence-corrected chi connectivity index (χ3v) is 4.88. The molecule has 8 heteroatoms. The summed E-state index contributed by atoms with van der Waals surface area (Å²) in [7, 11) is 0. The Kier molecular flexibility index (Phi) is 4.49. The fourth-order valence-corrected chi connectivity index (χ4v) is 3.37. The molecule has 30 heavy (non-hydrogen) atoms. The van der Waals surface area contributed by atoms with Crippen molar-refractivity contribution >= 4 is 34.2 Å². The van der Waals surface area contributed by atoms with E-state index in [0.717, 1.165) is 16.6 Å². The molecule has 1 amide bonds. The van der Waals surface area contributed by atoms with Crippen molar-refractivity contribution in [2.75, 3.05) is 5.32 Å². The quantitative estimate of drug-likeness (QED) is 0.445. The smallest absolute Gasteiger partial charge is 0.273 e. The molecule has 0 aliphatic carbocycles. The monoisotopic (exact) mass is 414 g/mol. The van der Waals surface area contributed by atoms with Crippen LogP contribution in [-0.2, 0) is 0 Å². The molecule has 5 aromatic rings. The molecule has 0 fully saturated rings. The normalized spacial score (nSPS) is 11.0. The number of anilines is 1. The van der Waals surface area contributed by atoms with Gasteiger partial charge in [0.15, 0.2) is 0 Å². The number of rotatable bonds is 4. The topological polar surface area (TPSA) is 88.5 Å². The van der Waals surface area contributed by atoms with E-state index in [1.165, 1.54) is 0 Å². The van der Waals surface area contributed by atoms with Gasteiger partial charge in [-0.15, -0.1) is 0 Å². The average molecular weight is 415 g/mol. The molecular formula is C22H15ClN6O. The van der Waals surface area contributed by atoms with Gasteiger partial charge < -0.3 is 5.32 Å². The van der Waals surface area contributed by atoms with Crippen molar-refractivity contribution in [2.24, 2.45) is 0 Å². The number of carbonyl (C=O) groups is 1. The first-order chi connectivity index (χ1) is 14.7. The number of imidazole rings is 1. The van der Waals surface area contributed by atoms with Crippen molar-refractivity contribution < 1.29 is 4.79 Å². The molecular weight excluding hydrogens is 400 g/mol. The van der Waals surface area contributed by atoms with Crippen molar-refractivity contribution in [3.05, 3.63) is 90.0 Å². The molecule has 0 aliphatic heterocycles. The van der Waals surface area contributed by atoms with Crippen LogP contribution in [-0.4, -0.2) is 30.6 Å². The van der Waals surface area contributed by atoms with Crippen LogP contribution in [0.1, 0.15) is 10.5 Å². The second-order valence-electron chi connectivity index (χ2n) is 6.64. The summed E-state index contributed by atoms with van der Waals surface area (Å²) in [6.07, 6.45) is 3.34. The van der Waals surface area contributed by atoms with E-state index in [0.29, 0.717) is 27.9 Å². The van der Waals surface area contributed by atoms with Gasteiger partial charge >= 0.3 is 0 Å². The maximum atomic E-state index is 12.6. The van der Waals surface area contributed by atoms with E-state index in [1.807, 2.05) is 47.0 Å². The summed E-state index contributed by atoms with van der Waals surface area (Å²) in [5.41, 5.74) is 4.25. The predicted molar refractivity (Wildman–Crippen MR) is 116 cm³/mol. The summed E-state index contributed by atoms with van der Waals surface area (Å²) in [5.74, 6) is 0.407. The van der Waals surface area contributed by atoms with E-state index in [-0.39, 0.29) is 5.91 Å². The Morgan fingerprint density at radius 1 is 1.00 bits per heavy atom. The highest BCUT2D eigenvalue weighted by Gasteiger charge is 2.12. The standard InChI is InChI=1S/C22H15ClN6O/c23-15-5-3-4-14(10-15)18-11-19(28-27-18)22(30)26-16-8-9-21(24-12-16)29-13-25-17-6-1-2-7-20(17)29/h1-13H,(H,26,30)(H,27,28). The van der Waals surface area contributed by atoms with Crippen molar-refractivity contribution in [3.8, 4) is 17.1 Å². The van der Waals surface area contributed by atoms with Crippen LogP contribution < -0.4 is 5.32 Å². The molecule has 0 spiro atoms. The number of nitrogens with one attached hydrogen (secondary N) is 2. The highest BCUT2D eigenvalue weighted by atomic mass is 35.5. The molecule has 3 heterocycles. The molecule has 0 radical (unpaired) electrons. The number of H-pyrrole nitrogens is 1. The Labute approximate surface area is 176 Å². The van der Waals surface area contributed by atoms with Gasteiger partial charge in [0.2, 0.25) is 0 Å². The summed E-state index contributed by atoms with van der Waals surface area (Å²) in [6.45, 7) is 0. The highest BCUT2D eigenvalue weighted by molar-refractivity contribution is 6.30. The Morgan fingerprint density at radius 2 is 1.90 bits per heavy atom. The van der Waals surface area contributed by atoms with Gasteiger partial charge in [-0.25, -0.2) is 9.97 Å². The number of fused-ring (bicyclic) bond motifs is 1. The number of hydrogen-bond acceptors (Lipinski definition) is 4. The van der Waals surface area contributed by atoms with E-state index in [9.17, 15) is 4.79 Å². The molecule has 0 atom stereocenters. The molecule has 7 nitrogen and oxygen atoms in total. The maximum Gasteiger partial charge on any atom is 0.273 e. The number of carbonyl (C=O) groups excluding carboxylic acids is 1. The molecule has 0 aliphatic rings. The molecule has 146 valence electrons. The number of amides is 1. The number of aromatic nitrogens is 5. The maximum absolute atomic E-state index is 12.6. The van der Waals surface area contributed by atoms with E-state index in [4.69, 9.17) is 11.6 Å². The number of aromatic amines is 1. The Hall–Kier alpha value is -3.97. The number of nitrogens with zero attached hydrogens (tertiary/aromatic N) is 4. The molecule has 2 N–H and O–H groups in total. The zero-order valence-corrected chi connectivity index (χ0v) is 16.3. The minimum Gasteiger partial charge on any atom is -0.319 e. The summed E-state index contributed by atoms with van der Waals surface area (Å²) in [4.78, 5) is 21.4. The Morgan fingerprint density at radius 3 is 2.73 bits per heavy atom. The zero-order chi connectivity index (χ0) is 20.5. The Balaban J connectivity index is 1.33. The van der Waals surface area contributed by atoms with Crippen LogP contribution in [0.4, 0.5) is 5.69 Å². The lowest BCUT2D eigenvalue weighted by molar-refractivity contribution is 0.102. The van der Waals surface area contributed by atoms with Crippen LogP contribution >= 0.6 is 11.6 Å². The van der Waals surface area contributed by atoms with Gasteiger partial charge in [-0.1, -0.05) is 35.9 Å². The fourth-order valence-electron chi connectivity index (χ4n) is 3.18. The number of pyridine rings is 1. The van der Waals surface area contributed by atoms with E-state index >= 15 is 0 Å². The second kappa shape index (κ2) is 7.46. The minimum atomic E-state index is -0.307. The largest absolute Gasteiger partial charge is 0.319 e. The molecule has 2 aromatic carbocycles. The van der Waals surface area contributed by atoms with Gasteiger partial charge in [-0.3, -0.25) is 14.5 Å². The van der Waals surface area contributed by atoms with Crippen molar-refractivity contribution in [2.45, 2.75) is 0 Å². The first-order valence-corrected chi connectivity index (χ1v) is 9.56. The average Bonchev–Trinajstić information content (AvgIpc) is 3.42. The molecule has 0 saturated heterocycles. The molecule has 0 saturated carbocycles. The first-order valence-electron chi connectivity index (χ1n) is 9.18. The predicted octanol–water partition coefficient (Wildman–Crippen LogP) is 4.72. The lowest BCUT2D eigenvalue weighted by Gasteiger charge is -2.06. The lowest BCUT2D eigenvalue weighted by atomic mass is 10.1. The van der Waals surface area contributed by atoms with Gasteiger partial charge in [0.25, 0.3) is 5.91 Å². The van der Waals surface area contributed by atoms with Gasteiger partial charge in [-0.05, 0) is 42.5 Å². The number of hydrogen-bond donors (Lipinski definition) is 2. The molecule has 5 rings (SSSR count). The molecule has 0 bridgehead atoms. The van der Waals surface area contributed by atoms with Gasteiger partial charge in [-0.2, -0.15) is 5.10 Å². The summed E-state index contributed by atoms with van der Waals surface area (Å²) in [5, 5.41) is 10.4. The van der Waals surface area contributed by atoms with Crippen molar-refractivity contribution in [1.29, 1.82) is 0 Å². The first kappa shape index (κ1) is 18.1. The Bertz CT molecular complexity index is 1360. The zero-order valence-electron chi connectivity index (χ0n) is 15.6. The summed E-state index contributed by atoms with van der Waals surface area (Å²) >= 11 is 6.02. The third-order valence-electron chi connectivity index (χ3n) is 4.65. The van der Waals surface area contributed by atoms with E-state index in [2.05, 4.69) is 25.5 Å². The van der Waals surface area contributed by atoms with Gasteiger partial charge in [0, 0.05) is 10.6 Å². The van der Waals surface area contributed by atoms with Crippen LogP contribution in [0.15, 0.2) is 79.3 Å². The van der Waals surface area contributed by atoms with Crippen LogP contribution in [0.25, 0.3) is 28.1 Å². The van der Waals surface area contributed by atoms with Crippen LogP contribution in [0.5, 0.6) is 0 Å². The van der Waals surface area contributed by atoms with Crippen molar-refractivity contribution in [3.63, 3.8) is 0 Å². The third kappa shape index (κ3) is 3.42. The van der Waals surface area contributed by atoms with Gasteiger partial charge in [0.1, 0.15) is 17.8 Å². The number of benzene rings is 2. The summed E-state index contributed by atoms with van der Waals surface area (Å²) in [6, 6.07) is 20.4. The van der Waals surface area contributed by atoms with E-state index in [1.54, 1.807) is 36.8 Å². The lowest BCUT2D eigenvalue weighted by Crippen LogP contribution is -2.12. The fraction of sp³-hybridized carbons (Fsp3) is 0. The number of halogens is 1. The van der Waals surface area contributed by atoms with Crippen LogP contribution in [0.3, 0.4) is 0 Å². The SMILES string of the molecule is O=C(Nc1ccc(-n2cnc3ccccc32)nc1)c1cc(-c2cccc(Cl)c2)n[nH]1. The van der Waals surface area contributed by atoms with Crippen molar-refractivity contribution in [1.82, 2.24) is 24.7 Å². The van der Waals surface area contributed by atoms with E-state index < -0.39 is 0 Å². The second-order valence-corrected chi connectivity index (χ2v) is 7.08. The molecule has 3 aromatic heterocycles. The highest BCUT2D eigenvalue weighted by Crippen LogP contribution is 2.22. The van der Waals surface area contributed by atoms with Crippen LogP contribution in [0, 0.1) is 0 Å². The molecule has 0 unspecified atom stereocenters.